The molecule has 1 saturated carbocycles. The molecular weight excluding hydrogens is 216 g/mol. The summed E-state index contributed by atoms with van der Waals surface area (Å²) in [6.07, 6.45) is 10.7. The fraction of sp³-hybridized carbons (Fsp3) is 0.333. The fourth-order valence-corrected chi connectivity index (χ4v) is 2.89. The van der Waals surface area contributed by atoms with E-state index in [1.807, 2.05) is 0 Å². The van der Waals surface area contributed by atoms with Gasteiger partial charge in [-0.1, -0.05) is 42.2 Å². The van der Waals surface area contributed by atoms with Gasteiger partial charge in [0.25, 0.3) is 0 Å². The second-order valence-electron chi connectivity index (χ2n) is 5.82. The number of hydrogen-bond donors (Lipinski definition) is 0. The van der Waals surface area contributed by atoms with Gasteiger partial charge in [0, 0.05) is 5.56 Å². The smallest absolute Gasteiger partial charge is 0.0717 e. The predicted molar refractivity (Wildman–Crippen MR) is 74.9 cm³/mol. The molecule has 1 aromatic rings. The summed E-state index contributed by atoms with van der Waals surface area (Å²) >= 11 is 0. The van der Waals surface area contributed by atoms with Gasteiger partial charge in [-0.05, 0) is 54.9 Å². The van der Waals surface area contributed by atoms with Crippen molar-refractivity contribution in [3.8, 4) is 11.8 Å². The van der Waals surface area contributed by atoms with Crippen molar-refractivity contribution >= 4 is 5.57 Å². The highest BCUT2D eigenvalue weighted by Crippen LogP contribution is 2.48. The van der Waals surface area contributed by atoms with Gasteiger partial charge in [0.1, 0.15) is 0 Å². The van der Waals surface area contributed by atoms with Gasteiger partial charge in [-0.3, -0.25) is 0 Å². The van der Waals surface area contributed by atoms with E-state index in [9.17, 15) is 0 Å². The maximum atomic E-state index is 3.48. The highest BCUT2D eigenvalue weighted by Gasteiger charge is 2.35. The third-order valence-electron chi connectivity index (χ3n) is 4.22. The SMILES string of the molecule is Cc1ccc2c(c1)C#CC1(C=CC1)C=C2C1CC1. The van der Waals surface area contributed by atoms with E-state index >= 15 is 0 Å². The first-order valence-electron chi connectivity index (χ1n) is 6.80. The molecule has 0 heteroatoms. The molecule has 1 spiro atoms. The summed E-state index contributed by atoms with van der Waals surface area (Å²) in [5.41, 5.74) is 5.49. The van der Waals surface area contributed by atoms with Crippen LogP contribution in [0.15, 0.2) is 36.4 Å². The topological polar surface area (TPSA) is 0 Å². The zero-order valence-electron chi connectivity index (χ0n) is 10.7. The van der Waals surface area contributed by atoms with E-state index in [1.54, 1.807) is 0 Å². The number of hydrogen-bond acceptors (Lipinski definition) is 0. The van der Waals surface area contributed by atoms with Gasteiger partial charge < -0.3 is 0 Å². The van der Waals surface area contributed by atoms with Crippen molar-refractivity contribution in [2.75, 3.05) is 0 Å². The molecule has 1 atom stereocenters. The second-order valence-corrected chi connectivity index (χ2v) is 5.82. The number of benzene rings is 1. The number of allylic oxidation sites excluding steroid dienone is 4. The molecule has 3 aliphatic rings. The number of aryl methyl sites for hydroxylation is 1. The molecule has 0 aromatic heterocycles. The van der Waals surface area contributed by atoms with E-state index in [4.69, 9.17) is 0 Å². The minimum atomic E-state index is 0.0465. The molecule has 0 radical (unpaired) electrons. The molecule has 1 aromatic carbocycles. The first-order valence-corrected chi connectivity index (χ1v) is 6.80. The molecule has 0 saturated heterocycles. The molecule has 18 heavy (non-hydrogen) atoms. The highest BCUT2D eigenvalue weighted by molar-refractivity contribution is 5.77. The van der Waals surface area contributed by atoms with Gasteiger partial charge in [0.15, 0.2) is 0 Å². The summed E-state index contributed by atoms with van der Waals surface area (Å²) < 4.78 is 0. The van der Waals surface area contributed by atoms with Crippen LogP contribution in [0.5, 0.6) is 0 Å². The average Bonchev–Trinajstić information content (AvgIpc) is 3.11. The minimum absolute atomic E-state index is 0.0465. The Morgan fingerprint density at radius 2 is 2.11 bits per heavy atom. The van der Waals surface area contributed by atoms with Gasteiger partial charge in [0.2, 0.25) is 0 Å². The third kappa shape index (κ3) is 1.47. The van der Waals surface area contributed by atoms with Crippen LogP contribution >= 0.6 is 0 Å². The van der Waals surface area contributed by atoms with Crippen LogP contribution in [-0.4, -0.2) is 0 Å². The van der Waals surface area contributed by atoms with E-state index in [-0.39, 0.29) is 5.41 Å². The van der Waals surface area contributed by atoms with Crippen molar-refractivity contribution in [3.05, 3.63) is 53.1 Å². The molecule has 0 heterocycles. The molecule has 4 rings (SSSR count). The summed E-state index contributed by atoms with van der Waals surface area (Å²) in [7, 11) is 0. The van der Waals surface area contributed by atoms with Crippen LogP contribution in [0, 0.1) is 30.1 Å². The van der Waals surface area contributed by atoms with E-state index in [0.29, 0.717) is 0 Å². The standard InChI is InChI=1S/C18H16/c1-13-3-6-16-15(11-13)7-10-18(8-2-9-18)12-17(16)14-4-5-14/h2-3,6,8,11-12,14H,4-5,9H2,1H3. The Labute approximate surface area is 108 Å². The largest absolute Gasteiger partial charge is 0.0846 e. The Balaban J connectivity index is 1.94. The van der Waals surface area contributed by atoms with Gasteiger partial charge >= 0.3 is 0 Å². The van der Waals surface area contributed by atoms with Crippen LogP contribution < -0.4 is 0 Å². The lowest BCUT2D eigenvalue weighted by molar-refractivity contribution is 0.608. The maximum absolute atomic E-state index is 3.48. The summed E-state index contributed by atoms with van der Waals surface area (Å²) in [5, 5.41) is 0. The second kappa shape index (κ2) is 3.39. The monoisotopic (exact) mass is 232 g/mol. The van der Waals surface area contributed by atoms with Gasteiger partial charge in [-0.2, -0.15) is 0 Å². The minimum Gasteiger partial charge on any atom is -0.0846 e. The van der Waals surface area contributed by atoms with Crippen molar-refractivity contribution in [1.82, 2.24) is 0 Å². The molecule has 0 amide bonds. The summed E-state index contributed by atoms with van der Waals surface area (Å²) in [6, 6.07) is 6.72. The van der Waals surface area contributed by atoms with Crippen molar-refractivity contribution in [3.63, 3.8) is 0 Å². The molecule has 1 unspecified atom stereocenters. The maximum Gasteiger partial charge on any atom is 0.0717 e. The van der Waals surface area contributed by atoms with Crippen LogP contribution in [0.4, 0.5) is 0 Å². The van der Waals surface area contributed by atoms with Crippen molar-refractivity contribution in [2.45, 2.75) is 26.2 Å². The summed E-state index contributed by atoms with van der Waals surface area (Å²) in [6.45, 7) is 2.15. The molecule has 0 N–H and O–H groups in total. The van der Waals surface area contributed by atoms with Crippen LogP contribution in [0.3, 0.4) is 0 Å². The van der Waals surface area contributed by atoms with E-state index in [1.165, 1.54) is 35.1 Å². The molecule has 88 valence electrons. The molecule has 0 bridgehead atoms. The average molecular weight is 232 g/mol. The zero-order valence-corrected chi connectivity index (χ0v) is 10.7. The lowest BCUT2D eigenvalue weighted by atomic mass is 9.75. The lowest BCUT2D eigenvalue weighted by Gasteiger charge is -2.27. The molecular formula is C18H16. The third-order valence-corrected chi connectivity index (χ3v) is 4.22. The summed E-state index contributed by atoms with van der Waals surface area (Å²) in [4.78, 5) is 0. The summed E-state index contributed by atoms with van der Waals surface area (Å²) in [5.74, 6) is 7.67. The normalized spacial score (nSPS) is 27.7. The Morgan fingerprint density at radius 3 is 2.78 bits per heavy atom. The van der Waals surface area contributed by atoms with Crippen molar-refractivity contribution in [2.24, 2.45) is 11.3 Å². The Morgan fingerprint density at radius 1 is 1.28 bits per heavy atom. The number of fused-ring (bicyclic) bond motifs is 1. The van der Waals surface area contributed by atoms with Crippen LogP contribution in [0.2, 0.25) is 0 Å². The first-order chi connectivity index (χ1) is 8.76. The van der Waals surface area contributed by atoms with Gasteiger partial charge in [0.05, 0.1) is 5.41 Å². The number of rotatable bonds is 1. The predicted octanol–water partition coefficient (Wildman–Crippen LogP) is 4.10. The Kier molecular flexibility index (Phi) is 1.92. The van der Waals surface area contributed by atoms with Crippen LogP contribution in [-0.2, 0) is 0 Å². The Bertz CT molecular complexity index is 644. The molecule has 0 aliphatic heterocycles. The zero-order chi connectivity index (χ0) is 12.2. The van der Waals surface area contributed by atoms with Crippen molar-refractivity contribution in [1.29, 1.82) is 0 Å². The van der Waals surface area contributed by atoms with Crippen molar-refractivity contribution < 1.29 is 0 Å². The first kappa shape index (κ1) is 10.2. The molecule has 3 aliphatic carbocycles. The Hall–Kier alpha value is -1.74. The van der Waals surface area contributed by atoms with E-state index in [2.05, 4.69) is 55.2 Å². The lowest BCUT2D eigenvalue weighted by Crippen LogP contribution is -2.18. The van der Waals surface area contributed by atoms with E-state index in [0.717, 1.165) is 12.3 Å². The van der Waals surface area contributed by atoms with Gasteiger partial charge in [-0.25, -0.2) is 0 Å². The molecule has 0 nitrogen and oxygen atoms in total. The van der Waals surface area contributed by atoms with Crippen LogP contribution in [0.1, 0.15) is 36.0 Å². The van der Waals surface area contributed by atoms with Crippen LogP contribution in [0.25, 0.3) is 5.57 Å². The fourth-order valence-electron chi connectivity index (χ4n) is 2.89. The van der Waals surface area contributed by atoms with E-state index < -0.39 is 0 Å². The molecule has 1 fully saturated rings. The van der Waals surface area contributed by atoms with Gasteiger partial charge in [-0.15, -0.1) is 0 Å². The highest BCUT2D eigenvalue weighted by atomic mass is 14.4. The quantitative estimate of drug-likeness (QED) is 0.505.